The molecule has 1 aliphatic heterocycles. The molecule has 0 spiro atoms. The minimum absolute atomic E-state index is 0.166. The van der Waals surface area contributed by atoms with Crippen molar-refractivity contribution in [3.05, 3.63) is 71.2 Å². The molecule has 0 bridgehead atoms. The molecule has 1 saturated carbocycles. The van der Waals surface area contributed by atoms with Gasteiger partial charge in [0, 0.05) is 31.5 Å². The largest absolute Gasteiger partial charge is 0.381 e. The fourth-order valence-corrected chi connectivity index (χ4v) is 5.22. The van der Waals surface area contributed by atoms with Gasteiger partial charge in [0.05, 0.1) is 11.4 Å². The lowest BCUT2D eigenvalue weighted by atomic mass is 9.86. The number of aromatic nitrogens is 4. The average Bonchev–Trinajstić information content (AvgIpc) is 3.22. The highest BCUT2D eigenvalue weighted by atomic mass is 19.1. The second-order valence-electron chi connectivity index (χ2n) is 9.37. The number of ether oxygens (including phenoxy) is 1. The van der Waals surface area contributed by atoms with Crippen LogP contribution in [0.2, 0.25) is 0 Å². The van der Waals surface area contributed by atoms with Crippen molar-refractivity contribution in [2.75, 3.05) is 18.5 Å². The second-order valence-corrected chi connectivity index (χ2v) is 9.37. The van der Waals surface area contributed by atoms with Gasteiger partial charge in [-0.2, -0.15) is 5.26 Å². The first kappa shape index (κ1) is 23.9. The molecule has 9 heteroatoms. The molecule has 36 heavy (non-hydrogen) atoms. The van der Waals surface area contributed by atoms with Crippen LogP contribution in [-0.4, -0.2) is 38.4 Å². The predicted octanol–water partition coefficient (Wildman–Crippen LogP) is 4.61. The monoisotopic (exact) mass is 488 g/mol. The van der Waals surface area contributed by atoms with Crippen LogP contribution in [0.3, 0.4) is 0 Å². The zero-order valence-corrected chi connectivity index (χ0v) is 20.1. The molecule has 2 aliphatic rings. The van der Waals surface area contributed by atoms with Crippen molar-refractivity contribution in [3.63, 3.8) is 0 Å². The Labute approximate surface area is 209 Å². The van der Waals surface area contributed by atoms with Crippen molar-refractivity contribution < 1.29 is 9.13 Å². The maximum Gasteiger partial charge on any atom is 0.334 e. The van der Waals surface area contributed by atoms with Gasteiger partial charge in [0.2, 0.25) is 5.95 Å². The van der Waals surface area contributed by atoms with Gasteiger partial charge in [-0.3, -0.25) is 9.13 Å². The minimum atomic E-state index is -0.405. The Morgan fingerprint density at radius 2 is 1.83 bits per heavy atom. The molecule has 0 amide bonds. The number of rotatable bonds is 6. The molecule has 2 fully saturated rings. The summed E-state index contributed by atoms with van der Waals surface area (Å²) in [5.74, 6) is 0.594. The van der Waals surface area contributed by atoms with E-state index in [9.17, 15) is 14.4 Å². The van der Waals surface area contributed by atoms with E-state index >= 15 is 0 Å². The third-order valence-corrected chi connectivity index (χ3v) is 7.17. The van der Waals surface area contributed by atoms with Crippen molar-refractivity contribution in [2.24, 2.45) is 5.92 Å². The maximum atomic E-state index is 13.8. The number of hydrogen-bond donors (Lipinski definition) is 1. The highest BCUT2D eigenvalue weighted by molar-refractivity contribution is 5.66. The number of nitriles is 1. The maximum absolute atomic E-state index is 13.8. The number of nitrogens with zero attached hydrogens (tertiary/aromatic N) is 5. The molecule has 0 radical (unpaired) electrons. The number of hydrogen-bond acceptors (Lipinski definition) is 6. The number of halogens is 1. The summed E-state index contributed by atoms with van der Waals surface area (Å²) in [4.78, 5) is 22.9. The Hall–Kier alpha value is -3.77. The summed E-state index contributed by atoms with van der Waals surface area (Å²) < 4.78 is 22.2. The Balaban J connectivity index is 1.58. The number of anilines is 1. The highest BCUT2D eigenvalue weighted by Gasteiger charge is 2.29. The topological polar surface area (TPSA) is 97.8 Å². The number of allylic oxidation sites excluding steroid dienone is 1. The van der Waals surface area contributed by atoms with Gasteiger partial charge in [-0.05, 0) is 74.8 Å². The number of nitrogens with one attached hydrogen (secondary N) is 1. The van der Waals surface area contributed by atoms with Crippen molar-refractivity contribution in [3.8, 4) is 23.1 Å². The SMILES string of the molecule is C=CC1CCC(Nc2nccc(-c3c(C#N)n(C4CCOCC4)c(=O)n3-c3ccc(F)cc3)n2)CC1. The summed E-state index contributed by atoms with van der Waals surface area (Å²) in [7, 11) is 0. The molecule has 186 valence electrons. The summed E-state index contributed by atoms with van der Waals surface area (Å²) in [5, 5.41) is 13.6. The fourth-order valence-electron chi connectivity index (χ4n) is 5.22. The van der Waals surface area contributed by atoms with Crippen molar-refractivity contribution in [1.29, 1.82) is 5.26 Å². The van der Waals surface area contributed by atoms with Crippen molar-refractivity contribution >= 4 is 5.95 Å². The lowest BCUT2D eigenvalue weighted by Crippen LogP contribution is -2.31. The zero-order chi connectivity index (χ0) is 25.1. The van der Waals surface area contributed by atoms with Gasteiger partial charge in [-0.1, -0.05) is 6.08 Å². The molecular weight excluding hydrogens is 459 g/mol. The molecular formula is C27H29FN6O2. The molecule has 0 unspecified atom stereocenters. The number of imidazole rings is 1. The molecule has 2 aromatic heterocycles. The van der Waals surface area contributed by atoms with E-state index in [0.29, 0.717) is 55.0 Å². The summed E-state index contributed by atoms with van der Waals surface area (Å²) in [6.45, 7) is 4.95. The first-order valence-electron chi connectivity index (χ1n) is 12.4. The smallest absolute Gasteiger partial charge is 0.334 e. The van der Waals surface area contributed by atoms with Gasteiger partial charge < -0.3 is 10.1 Å². The van der Waals surface area contributed by atoms with Crippen LogP contribution in [0.25, 0.3) is 17.1 Å². The first-order valence-corrected chi connectivity index (χ1v) is 12.4. The van der Waals surface area contributed by atoms with Gasteiger partial charge >= 0.3 is 5.69 Å². The summed E-state index contributed by atoms with van der Waals surface area (Å²) in [5.41, 5.74) is 1.18. The summed E-state index contributed by atoms with van der Waals surface area (Å²) in [6.07, 6.45) is 9.04. The predicted molar refractivity (Wildman–Crippen MR) is 134 cm³/mol. The van der Waals surface area contributed by atoms with Crippen LogP contribution in [0.4, 0.5) is 10.3 Å². The third kappa shape index (κ3) is 4.69. The molecule has 1 saturated heterocycles. The quantitative estimate of drug-likeness (QED) is 0.509. The van der Waals surface area contributed by atoms with Gasteiger partial charge in [0.15, 0.2) is 5.69 Å². The molecule has 3 heterocycles. The van der Waals surface area contributed by atoms with E-state index in [-0.39, 0.29) is 23.5 Å². The van der Waals surface area contributed by atoms with Gasteiger partial charge in [-0.15, -0.1) is 6.58 Å². The number of benzene rings is 1. The van der Waals surface area contributed by atoms with E-state index in [1.165, 1.54) is 28.8 Å². The van der Waals surface area contributed by atoms with Crippen LogP contribution in [0, 0.1) is 23.1 Å². The normalized spacial score (nSPS) is 20.6. The lowest BCUT2D eigenvalue weighted by Gasteiger charge is -2.27. The van der Waals surface area contributed by atoms with Gasteiger partial charge in [-0.25, -0.2) is 19.2 Å². The second kappa shape index (κ2) is 10.5. The van der Waals surface area contributed by atoms with Crippen LogP contribution in [0.1, 0.15) is 50.3 Å². The average molecular weight is 489 g/mol. The molecule has 1 aromatic carbocycles. The summed E-state index contributed by atoms with van der Waals surface area (Å²) in [6, 6.07) is 9.71. The molecule has 1 aliphatic carbocycles. The standard InChI is InChI=1S/C27H29FN6O2/c1-2-18-3-7-20(8-4-18)31-26-30-14-11-23(32-26)25-24(17-29)33(22-12-15-36-16-13-22)27(35)34(25)21-9-5-19(28)6-10-21/h2,5-6,9-11,14,18,20,22H,1,3-4,7-8,12-13,15-16H2,(H,30,31,32). The van der Waals surface area contributed by atoms with E-state index in [1.807, 2.05) is 6.08 Å². The van der Waals surface area contributed by atoms with Crippen LogP contribution in [-0.2, 0) is 4.74 Å². The van der Waals surface area contributed by atoms with E-state index in [0.717, 1.165) is 25.7 Å². The first-order chi connectivity index (χ1) is 17.6. The molecule has 1 N–H and O–H groups in total. The third-order valence-electron chi connectivity index (χ3n) is 7.17. The van der Waals surface area contributed by atoms with Crippen molar-refractivity contribution in [1.82, 2.24) is 19.1 Å². The van der Waals surface area contributed by atoms with E-state index in [4.69, 9.17) is 9.72 Å². The van der Waals surface area contributed by atoms with Crippen LogP contribution in [0.15, 0.2) is 54.0 Å². The molecule has 0 atom stereocenters. The molecule has 5 rings (SSSR count). The Morgan fingerprint density at radius 3 is 2.50 bits per heavy atom. The molecule has 3 aromatic rings. The Morgan fingerprint density at radius 1 is 1.11 bits per heavy atom. The van der Waals surface area contributed by atoms with E-state index < -0.39 is 5.82 Å². The minimum Gasteiger partial charge on any atom is -0.381 e. The Bertz CT molecular complexity index is 1330. The van der Waals surface area contributed by atoms with Crippen molar-refractivity contribution in [2.45, 2.75) is 50.6 Å². The fraction of sp³-hybridized carbons (Fsp3) is 0.407. The lowest BCUT2D eigenvalue weighted by molar-refractivity contribution is 0.0684. The van der Waals surface area contributed by atoms with Crippen LogP contribution < -0.4 is 11.0 Å². The highest BCUT2D eigenvalue weighted by Crippen LogP contribution is 2.31. The van der Waals surface area contributed by atoms with Crippen LogP contribution in [0.5, 0.6) is 0 Å². The van der Waals surface area contributed by atoms with Gasteiger partial charge in [0.25, 0.3) is 0 Å². The zero-order valence-electron chi connectivity index (χ0n) is 20.1. The van der Waals surface area contributed by atoms with E-state index in [2.05, 4.69) is 22.9 Å². The molecule has 8 nitrogen and oxygen atoms in total. The van der Waals surface area contributed by atoms with Gasteiger partial charge in [0.1, 0.15) is 17.6 Å². The van der Waals surface area contributed by atoms with Crippen LogP contribution >= 0.6 is 0 Å². The van der Waals surface area contributed by atoms with E-state index in [1.54, 1.807) is 16.8 Å². The summed E-state index contributed by atoms with van der Waals surface area (Å²) >= 11 is 0. The Kier molecular flexibility index (Phi) is 6.96.